The predicted octanol–water partition coefficient (Wildman–Crippen LogP) is 1.98. The van der Waals surface area contributed by atoms with Crippen LogP contribution in [-0.4, -0.2) is 25.0 Å². The van der Waals surface area contributed by atoms with Crippen molar-refractivity contribution in [2.75, 3.05) is 12.4 Å². The first-order valence-corrected chi connectivity index (χ1v) is 6.89. The van der Waals surface area contributed by atoms with E-state index in [1.165, 1.54) is 7.11 Å². The molecule has 1 atom stereocenters. The number of methoxy groups -OCH3 is 1. The van der Waals surface area contributed by atoms with Gasteiger partial charge in [-0.3, -0.25) is 4.79 Å². The number of nitrogens with two attached hydrogens (primary N) is 1. The monoisotopic (exact) mass is 298 g/mol. The van der Waals surface area contributed by atoms with Crippen molar-refractivity contribution in [2.45, 2.75) is 12.5 Å². The molecule has 0 saturated carbocycles. The van der Waals surface area contributed by atoms with Gasteiger partial charge in [-0.25, -0.2) is 4.79 Å². The quantitative estimate of drug-likeness (QED) is 0.827. The smallest absolute Gasteiger partial charge is 0.337 e. The lowest BCUT2D eigenvalue weighted by Crippen LogP contribution is -2.37. The zero-order chi connectivity index (χ0) is 15.9. The first-order valence-electron chi connectivity index (χ1n) is 6.89. The molecular weight excluding hydrogens is 280 g/mol. The Morgan fingerprint density at radius 1 is 1.09 bits per heavy atom. The Labute approximate surface area is 129 Å². The lowest BCUT2D eigenvalue weighted by atomic mass is 10.1. The Morgan fingerprint density at radius 3 is 2.32 bits per heavy atom. The number of amides is 1. The molecule has 0 heterocycles. The predicted molar refractivity (Wildman–Crippen MR) is 84.5 cm³/mol. The summed E-state index contributed by atoms with van der Waals surface area (Å²) in [4.78, 5) is 23.4. The molecule has 3 N–H and O–H groups in total. The first-order chi connectivity index (χ1) is 10.6. The number of rotatable bonds is 5. The number of hydrogen-bond acceptors (Lipinski definition) is 4. The van der Waals surface area contributed by atoms with Gasteiger partial charge in [-0.1, -0.05) is 30.3 Å². The van der Waals surface area contributed by atoms with Gasteiger partial charge < -0.3 is 15.8 Å². The molecule has 114 valence electrons. The lowest BCUT2D eigenvalue weighted by Gasteiger charge is -2.12. The van der Waals surface area contributed by atoms with E-state index in [4.69, 9.17) is 5.73 Å². The first kappa shape index (κ1) is 15.7. The van der Waals surface area contributed by atoms with Crippen LogP contribution in [0.15, 0.2) is 54.6 Å². The van der Waals surface area contributed by atoms with E-state index in [0.717, 1.165) is 5.56 Å². The molecule has 0 spiro atoms. The van der Waals surface area contributed by atoms with Gasteiger partial charge in [0.25, 0.3) is 0 Å². The second-order valence-electron chi connectivity index (χ2n) is 4.85. The van der Waals surface area contributed by atoms with E-state index in [1.807, 2.05) is 30.3 Å². The number of esters is 1. The summed E-state index contributed by atoms with van der Waals surface area (Å²) in [6, 6.07) is 15.4. The summed E-state index contributed by atoms with van der Waals surface area (Å²) in [7, 11) is 1.32. The normalized spacial score (nSPS) is 11.5. The van der Waals surface area contributed by atoms with Gasteiger partial charge in [0.2, 0.25) is 5.91 Å². The zero-order valence-electron chi connectivity index (χ0n) is 12.3. The maximum absolute atomic E-state index is 12.1. The van der Waals surface area contributed by atoms with Gasteiger partial charge in [-0.15, -0.1) is 0 Å². The minimum atomic E-state index is -0.636. The topological polar surface area (TPSA) is 81.4 Å². The summed E-state index contributed by atoms with van der Waals surface area (Å²) in [5, 5.41) is 2.73. The highest BCUT2D eigenvalue weighted by Crippen LogP contribution is 2.11. The van der Waals surface area contributed by atoms with Gasteiger partial charge in [0.05, 0.1) is 18.7 Å². The van der Waals surface area contributed by atoms with Crippen LogP contribution in [0.2, 0.25) is 0 Å². The van der Waals surface area contributed by atoms with Crippen LogP contribution < -0.4 is 11.1 Å². The molecule has 0 bridgehead atoms. The van der Waals surface area contributed by atoms with Gasteiger partial charge >= 0.3 is 5.97 Å². The van der Waals surface area contributed by atoms with Crippen molar-refractivity contribution in [3.8, 4) is 0 Å². The third-order valence-corrected chi connectivity index (χ3v) is 3.21. The summed E-state index contributed by atoms with van der Waals surface area (Å²) < 4.78 is 4.62. The molecule has 2 aromatic carbocycles. The van der Waals surface area contributed by atoms with Crippen LogP contribution >= 0.6 is 0 Å². The average molecular weight is 298 g/mol. The van der Waals surface area contributed by atoms with E-state index in [0.29, 0.717) is 17.7 Å². The Bertz CT molecular complexity index is 639. The van der Waals surface area contributed by atoms with Crippen LogP contribution in [0.3, 0.4) is 0 Å². The third kappa shape index (κ3) is 4.17. The molecule has 2 aromatic rings. The second kappa shape index (κ2) is 7.38. The summed E-state index contributed by atoms with van der Waals surface area (Å²) in [5.41, 5.74) is 7.93. The molecule has 1 amide bonds. The molecular formula is C17H18N2O3. The number of carbonyl (C=O) groups is 2. The van der Waals surface area contributed by atoms with Crippen LogP contribution in [0.5, 0.6) is 0 Å². The molecule has 0 aliphatic heterocycles. The Balaban J connectivity index is 1.95. The van der Waals surface area contributed by atoms with E-state index < -0.39 is 12.0 Å². The fourth-order valence-corrected chi connectivity index (χ4v) is 2.00. The Hall–Kier alpha value is -2.66. The number of anilines is 1. The van der Waals surface area contributed by atoms with E-state index in [-0.39, 0.29) is 5.91 Å². The molecule has 2 rings (SSSR count). The minimum Gasteiger partial charge on any atom is -0.465 e. The van der Waals surface area contributed by atoms with E-state index in [1.54, 1.807) is 24.3 Å². The zero-order valence-corrected chi connectivity index (χ0v) is 12.3. The Morgan fingerprint density at radius 2 is 1.73 bits per heavy atom. The number of nitrogens with one attached hydrogen (secondary N) is 1. The van der Waals surface area contributed by atoms with Crippen molar-refractivity contribution in [1.29, 1.82) is 0 Å². The molecule has 0 saturated heterocycles. The van der Waals surface area contributed by atoms with Gasteiger partial charge in [-0.05, 0) is 36.2 Å². The van der Waals surface area contributed by atoms with Crippen LogP contribution in [0, 0.1) is 0 Å². The maximum atomic E-state index is 12.1. The molecule has 0 radical (unpaired) electrons. The second-order valence-corrected chi connectivity index (χ2v) is 4.85. The van der Waals surface area contributed by atoms with Crippen molar-refractivity contribution in [1.82, 2.24) is 0 Å². The lowest BCUT2D eigenvalue weighted by molar-refractivity contribution is -0.117. The molecule has 0 aliphatic carbocycles. The highest BCUT2D eigenvalue weighted by molar-refractivity contribution is 5.95. The van der Waals surface area contributed by atoms with Gasteiger partial charge in [0.15, 0.2) is 0 Å². The van der Waals surface area contributed by atoms with Crippen molar-refractivity contribution in [2.24, 2.45) is 5.73 Å². The van der Waals surface area contributed by atoms with Crippen LogP contribution in [0.25, 0.3) is 0 Å². The largest absolute Gasteiger partial charge is 0.465 e. The molecule has 5 heteroatoms. The highest BCUT2D eigenvalue weighted by Gasteiger charge is 2.14. The molecule has 0 aliphatic rings. The molecule has 0 unspecified atom stereocenters. The molecule has 0 aromatic heterocycles. The van der Waals surface area contributed by atoms with Crippen LogP contribution in [0.1, 0.15) is 15.9 Å². The Kier molecular flexibility index (Phi) is 5.27. The fraction of sp³-hybridized carbons (Fsp3) is 0.176. The number of ether oxygens (including phenoxy) is 1. The number of carbonyl (C=O) groups excluding carboxylic acids is 2. The fourth-order valence-electron chi connectivity index (χ4n) is 2.00. The van der Waals surface area contributed by atoms with Crippen LogP contribution in [0.4, 0.5) is 5.69 Å². The van der Waals surface area contributed by atoms with E-state index >= 15 is 0 Å². The van der Waals surface area contributed by atoms with Gasteiger partial charge in [0, 0.05) is 5.69 Å². The molecule has 0 fully saturated rings. The molecule has 5 nitrogen and oxygen atoms in total. The van der Waals surface area contributed by atoms with E-state index in [9.17, 15) is 9.59 Å². The summed E-state index contributed by atoms with van der Waals surface area (Å²) in [6.45, 7) is 0. The van der Waals surface area contributed by atoms with Crippen LogP contribution in [-0.2, 0) is 16.0 Å². The third-order valence-electron chi connectivity index (χ3n) is 3.21. The standard InChI is InChI=1S/C17H18N2O3/c1-22-17(21)13-7-9-14(10-8-13)19-16(20)15(18)11-12-5-3-2-4-6-12/h2-10,15H,11,18H2,1H3,(H,19,20)/t15-/m0/s1. The molecule has 22 heavy (non-hydrogen) atoms. The summed E-state index contributed by atoms with van der Waals surface area (Å²) in [5.74, 6) is -0.687. The van der Waals surface area contributed by atoms with Gasteiger partial charge in [0.1, 0.15) is 0 Å². The highest BCUT2D eigenvalue weighted by atomic mass is 16.5. The minimum absolute atomic E-state index is 0.269. The number of benzene rings is 2. The van der Waals surface area contributed by atoms with Crippen molar-refractivity contribution >= 4 is 17.6 Å². The summed E-state index contributed by atoms with van der Waals surface area (Å²) in [6.07, 6.45) is 0.465. The van der Waals surface area contributed by atoms with Gasteiger partial charge in [-0.2, -0.15) is 0 Å². The van der Waals surface area contributed by atoms with Crippen molar-refractivity contribution in [3.63, 3.8) is 0 Å². The summed E-state index contributed by atoms with van der Waals surface area (Å²) >= 11 is 0. The average Bonchev–Trinajstić information content (AvgIpc) is 2.55. The van der Waals surface area contributed by atoms with E-state index in [2.05, 4.69) is 10.1 Å². The van der Waals surface area contributed by atoms with Crippen molar-refractivity contribution in [3.05, 3.63) is 65.7 Å². The SMILES string of the molecule is COC(=O)c1ccc(NC(=O)[C@@H](N)Cc2ccccc2)cc1. The number of hydrogen-bond donors (Lipinski definition) is 2. The van der Waals surface area contributed by atoms with Crippen molar-refractivity contribution < 1.29 is 14.3 Å². The maximum Gasteiger partial charge on any atom is 0.337 e.